The van der Waals surface area contributed by atoms with Gasteiger partial charge in [-0.3, -0.25) is 0 Å². The molecule has 2 heterocycles. The van der Waals surface area contributed by atoms with Crippen LogP contribution in [0.25, 0.3) is 0 Å². The monoisotopic (exact) mass is 279 g/mol. The first-order chi connectivity index (χ1) is 9.20. The number of hydrogen-bond acceptors (Lipinski definition) is 5. The molecular weight excluding hydrogens is 262 g/mol. The van der Waals surface area contributed by atoms with Crippen molar-refractivity contribution in [2.24, 2.45) is 0 Å². The Balaban J connectivity index is 1.84. The van der Waals surface area contributed by atoms with Crippen LogP contribution in [-0.2, 0) is 11.2 Å². The molecule has 0 saturated heterocycles. The van der Waals surface area contributed by atoms with Crippen molar-refractivity contribution in [1.29, 1.82) is 0 Å². The van der Waals surface area contributed by atoms with Crippen molar-refractivity contribution in [1.82, 2.24) is 5.32 Å². The van der Waals surface area contributed by atoms with Gasteiger partial charge in [-0.15, -0.1) is 11.3 Å². The molecule has 0 saturated carbocycles. The van der Waals surface area contributed by atoms with E-state index in [-0.39, 0.29) is 11.8 Å². The number of methoxy groups -OCH3 is 1. The third kappa shape index (κ3) is 3.68. The van der Waals surface area contributed by atoms with Crippen LogP contribution in [0.4, 0.5) is 0 Å². The lowest BCUT2D eigenvalue weighted by molar-refractivity contribution is 0.0562. The molecule has 0 amide bonds. The summed E-state index contributed by atoms with van der Waals surface area (Å²) >= 11 is 1.76. The number of rotatable bonds is 6. The third-order valence-corrected chi connectivity index (χ3v) is 3.78. The number of esters is 1. The van der Waals surface area contributed by atoms with Crippen LogP contribution in [0.3, 0.4) is 0 Å². The van der Waals surface area contributed by atoms with Gasteiger partial charge in [0.15, 0.2) is 0 Å². The van der Waals surface area contributed by atoms with Gasteiger partial charge in [-0.2, -0.15) is 0 Å². The molecule has 1 unspecified atom stereocenters. The molecule has 2 rings (SSSR count). The van der Waals surface area contributed by atoms with E-state index < -0.39 is 5.97 Å². The number of hydrogen-bond donors (Lipinski definition) is 1. The van der Waals surface area contributed by atoms with Crippen molar-refractivity contribution in [3.63, 3.8) is 0 Å². The Morgan fingerprint density at radius 2 is 2.32 bits per heavy atom. The van der Waals surface area contributed by atoms with Crippen molar-refractivity contribution in [2.45, 2.75) is 19.4 Å². The summed E-state index contributed by atoms with van der Waals surface area (Å²) in [5.74, 6) is 0.535. The normalized spacial score (nSPS) is 12.3. The number of ether oxygens (including phenoxy) is 1. The van der Waals surface area contributed by atoms with E-state index in [2.05, 4.69) is 27.6 Å². The molecule has 0 spiro atoms. The Morgan fingerprint density at radius 3 is 3.00 bits per heavy atom. The van der Waals surface area contributed by atoms with Gasteiger partial charge >= 0.3 is 5.97 Å². The summed E-state index contributed by atoms with van der Waals surface area (Å²) in [5, 5.41) is 5.45. The fourth-order valence-corrected chi connectivity index (χ4v) is 2.47. The molecule has 2 aromatic heterocycles. The van der Waals surface area contributed by atoms with Gasteiger partial charge in [0.05, 0.1) is 13.2 Å². The minimum Gasteiger partial charge on any atom is -0.463 e. The highest BCUT2D eigenvalue weighted by atomic mass is 32.1. The molecule has 1 atom stereocenters. The third-order valence-electron chi connectivity index (χ3n) is 2.84. The first kappa shape index (κ1) is 13.8. The van der Waals surface area contributed by atoms with Gasteiger partial charge in [-0.1, -0.05) is 6.07 Å². The van der Waals surface area contributed by atoms with E-state index in [0.717, 1.165) is 18.7 Å². The van der Waals surface area contributed by atoms with Crippen molar-refractivity contribution >= 4 is 17.3 Å². The lowest BCUT2D eigenvalue weighted by Gasteiger charge is -2.10. The van der Waals surface area contributed by atoms with Gasteiger partial charge in [0.25, 0.3) is 0 Å². The molecule has 0 fully saturated rings. The van der Waals surface area contributed by atoms with E-state index in [4.69, 9.17) is 4.42 Å². The number of carbonyl (C=O) groups is 1. The number of thiophene rings is 1. The zero-order valence-electron chi connectivity index (χ0n) is 11.0. The van der Waals surface area contributed by atoms with Crippen molar-refractivity contribution in [3.8, 4) is 0 Å². The summed E-state index contributed by atoms with van der Waals surface area (Å²) in [7, 11) is 1.34. The van der Waals surface area contributed by atoms with Crippen LogP contribution in [0.1, 0.15) is 34.2 Å². The molecular formula is C14H17NO3S. The average Bonchev–Trinajstić information content (AvgIpc) is 3.08. The lowest BCUT2D eigenvalue weighted by Crippen LogP contribution is -2.20. The average molecular weight is 279 g/mol. The minimum absolute atomic E-state index is 0.0679. The molecule has 0 aliphatic carbocycles. The van der Waals surface area contributed by atoms with Crippen LogP contribution < -0.4 is 5.32 Å². The van der Waals surface area contributed by atoms with E-state index in [1.807, 2.05) is 6.92 Å². The van der Waals surface area contributed by atoms with Gasteiger partial charge in [-0.25, -0.2) is 4.79 Å². The fraction of sp³-hybridized carbons (Fsp3) is 0.357. The summed E-state index contributed by atoms with van der Waals surface area (Å²) in [6.45, 7) is 2.88. The van der Waals surface area contributed by atoms with Crippen LogP contribution in [0.2, 0.25) is 0 Å². The summed E-state index contributed by atoms with van der Waals surface area (Å²) in [6.07, 6.45) is 0.993. The van der Waals surface area contributed by atoms with Crippen LogP contribution in [0.15, 0.2) is 34.1 Å². The van der Waals surface area contributed by atoms with E-state index in [1.165, 1.54) is 12.0 Å². The van der Waals surface area contributed by atoms with Gasteiger partial charge in [0, 0.05) is 11.4 Å². The highest BCUT2D eigenvalue weighted by Gasteiger charge is 2.14. The molecule has 0 aliphatic rings. The first-order valence-corrected chi connectivity index (χ1v) is 7.02. The molecule has 0 aromatic carbocycles. The molecule has 2 aromatic rings. The first-order valence-electron chi connectivity index (χ1n) is 6.14. The van der Waals surface area contributed by atoms with Gasteiger partial charge in [0.2, 0.25) is 5.76 Å². The minimum atomic E-state index is -0.447. The molecule has 0 aliphatic heterocycles. The maximum atomic E-state index is 11.3. The van der Waals surface area contributed by atoms with E-state index in [1.54, 1.807) is 23.5 Å². The molecule has 1 N–H and O–H groups in total. The zero-order valence-corrected chi connectivity index (χ0v) is 11.8. The molecule has 4 nitrogen and oxygen atoms in total. The Bertz CT molecular complexity index is 519. The second kappa shape index (κ2) is 6.54. The van der Waals surface area contributed by atoms with E-state index >= 15 is 0 Å². The lowest BCUT2D eigenvalue weighted by atomic mass is 10.2. The zero-order chi connectivity index (χ0) is 13.7. The topological polar surface area (TPSA) is 51.5 Å². The summed E-state index contributed by atoms with van der Waals surface area (Å²) in [5.41, 5.74) is 0. The summed E-state index contributed by atoms with van der Waals surface area (Å²) < 4.78 is 10.1. The second-order valence-electron chi connectivity index (χ2n) is 4.20. The quantitative estimate of drug-likeness (QED) is 0.826. The fourth-order valence-electron chi connectivity index (χ4n) is 1.76. The summed E-state index contributed by atoms with van der Waals surface area (Å²) in [4.78, 5) is 12.6. The molecule has 0 bridgehead atoms. The maximum absolute atomic E-state index is 11.3. The Kier molecular flexibility index (Phi) is 4.76. The Hall–Kier alpha value is -1.59. The van der Waals surface area contributed by atoms with Crippen LogP contribution in [0.5, 0.6) is 0 Å². The van der Waals surface area contributed by atoms with Crippen molar-refractivity contribution in [3.05, 3.63) is 46.0 Å². The van der Waals surface area contributed by atoms with Gasteiger partial charge in [-0.05, 0) is 36.9 Å². The van der Waals surface area contributed by atoms with E-state index in [9.17, 15) is 4.79 Å². The molecule has 0 radical (unpaired) electrons. The highest BCUT2D eigenvalue weighted by Crippen LogP contribution is 2.17. The molecule has 102 valence electrons. The maximum Gasteiger partial charge on any atom is 0.373 e. The molecule has 5 heteroatoms. The van der Waals surface area contributed by atoms with Crippen molar-refractivity contribution < 1.29 is 13.9 Å². The highest BCUT2D eigenvalue weighted by molar-refractivity contribution is 7.09. The Labute approximate surface area is 116 Å². The van der Waals surface area contributed by atoms with Crippen molar-refractivity contribution in [2.75, 3.05) is 13.7 Å². The van der Waals surface area contributed by atoms with Crippen LogP contribution >= 0.6 is 11.3 Å². The van der Waals surface area contributed by atoms with E-state index in [0.29, 0.717) is 0 Å². The largest absolute Gasteiger partial charge is 0.463 e. The standard InChI is InChI=1S/C14H17NO3S/c1-10(15-8-7-11-4-3-9-19-11)12-5-6-13(18-12)14(16)17-2/h3-6,9-10,15H,7-8H2,1-2H3. The predicted octanol–water partition coefficient (Wildman–Crippen LogP) is 3.02. The van der Waals surface area contributed by atoms with Gasteiger partial charge in [0.1, 0.15) is 5.76 Å². The number of carbonyl (C=O) groups excluding carboxylic acids is 1. The SMILES string of the molecule is COC(=O)c1ccc(C(C)NCCc2cccs2)o1. The summed E-state index contributed by atoms with van der Waals surface area (Å²) in [6, 6.07) is 7.68. The van der Waals surface area contributed by atoms with Crippen LogP contribution in [0, 0.1) is 0 Å². The number of nitrogens with one attached hydrogen (secondary N) is 1. The Morgan fingerprint density at radius 1 is 1.47 bits per heavy atom. The smallest absolute Gasteiger partial charge is 0.373 e. The molecule has 19 heavy (non-hydrogen) atoms. The second-order valence-corrected chi connectivity index (χ2v) is 5.23. The number of furan rings is 1. The van der Waals surface area contributed by atoms with Gasteiger partial charge < -0.3 is 14.5 Å². The van der Waals surface area contributed by atoms with Crippen LogP contribution in [-0.4, -0.2) is 19.6 Å². The predicted molar refractivity (Wildman–Crippen MR) is 74.5 cm³/mol.